The molecule has 3 nitrogen and oxygen atoms in total. The molecular weight excluding hydrogens is 128 g/mol. The maximum absolute atomic E-state index is 8.23. The molecule has 1 atom stereocenters. The number of hydrogen-bond acceptors (Lipinski definition) is 2. The predicted octanol–water partition coefficient (Wildman–Crippen LogP) is -0.585. The Balaban J connectivity index is 2.70. The molecule has 1 rings (SSSR count). The average molecular weight is 139 g/mol. The highest BCUT2D eigenvalue weighted by molar-refractivity contribution is 5.75. The minimum Gasteiger partial charge on any atom is -0.411 e. The molecule has 1 heterocycles. The Bertz CT molecular complexity index is 194. The largest absolute Gasteiger partial charge is 0.411 e. The van der Waals surface area contributed by atoms with E-state index in [1.54, 1.807) is 0 Å². The lowest BCUT2D eigenvalue weighted by Crippen LogP contribution is -3.07. The molecule has 10 heavy (non-hydrogen) atoms. The Labute approximate surface area is 59.9 Å². The van der Waals surface area contributed by atoms with Crippen LogP contribution in [0.25, 0.3) is 0 Å². The fourth-order valence-corrected chi connectivity index (χ4v) is 0.892. The van der Waals surface area contributed by atoms with Gasteiger partial charge in [-0.2, -0.15) is 0 Å². The lowest BCUT2D eigenvalue weighted by atomic mass is 10.3. The Hall–Kier alpha value is -1.09. The zero-order valence-electron chi connectivity index (χ0n) is 5.91. The number of oxime groups is 1. The minimum absolute atomic E-state index is 0.956. The van der Waals surface area contributed by atoms with Gasteiger partial charge in [0.1, 0.15) is 12.8 Å². The van der Waals surface area contributed by atoms with Gasteiger partial charge >= 0.3 is 0 Å². The van der Waals surface area contributed by atoms with Crippen LogP contribution in [-0.4, -0.2) is 25.0 Å². The lowest BCUT2D eigenvalue weighted by molar-refractivity contribution is -0.826. The fourth-order valence-electron chi connectivity index (χ4n) is 0.892. The molecule has 0 aromatic rings. The molecule has 3 heteroatoms. The van der Waals surface area contributed by atoms with Crippen molar-refractivity contribution >= 4 is 6.21 Å². The summed E-state index contributed by atoms with van der Waals surface area (Å²) in [7, 11) is 2.02. The van der Waals surface area contributed by atoms with Crippen LogP contribution >= 0.6 is 0 Å². The number of nitrogens with zero attached hydrogens (tertiary/aromatic N) is 1. The van der Waals surface area contributed by atoms with Crippen molar-refractivity contribution in [3.63, 3.8) is 0 Å². The molecule has 1 unspecified atom stereocenters. The van der Waals surface area contributed by atoms with Crippen molar-refractivity contribution in [2.24, 2.45) is 5.16 Å². The van der Waals surface area contributed by atoms with Gasteiger partial charge in [0.05, 0.1) is 7.05 Å². The highest BCUT2D eigenvalue weighted by atomic mass is 16.4. The van der Waals surface area contributed by atoms with Crippen molar-refractivity contribution in [1.82, 2.24) is 0 Å². The third-order valence-electron chi connectivity index (χ3n) is 1.53. The molecule has 0 fully saturated rings. The Kier molecular flexibility index (Phi) is 2.23. The van der Waals surface area contributed by atoms with Crippen molar-refractivity contribution in [1.29, 1.82) is 0 Å². The SMILES string of the molecule is C[NH+]1CC=CC=C1C=NO. The van der Waals surface area contributed by atoms with Crippen molar-refractivity contribution in [2.45, 2.75) is 0 Å². The zero-order chi connectivity index (χ0) is 7.40. The lowest BCUT2D eigenvalue weighted by Gasteiger charge is -2.12. The molecular formula is C7H11N2O+. The van der Waals surface area contributed by atoms with Crippen molar-refractivity contribution in [3.05, 3.63) is 23.9 Å². The van der Waals surface area contributed by atoms with Crippen LogP contribution in [0.5, 0.6) is 0 Å². The van der Waals surface area contributed by atoms with Crippen LogP contribution in [0, 0.1) is 0 Å². The van der Waals surface area contributed by atoms with Gasteiger partial charge in [0.25, 0.3) is 0 Å². The number of allylic oxidation sites excluding steroid dienone is 3. The fraction of sp³-hybridized carbons (Fsp3) is 0.286. The summed E-state index contributed by atoms with van der Waals surface area (Å²) in [6.07, 6.45) is 7.42. The van der Waals surface area contributed by atoms with Crippen LogP contribution in [0.3, 0.4) is 0 Å². The van der Waals surface area contributed by atoms with Crippen molar-refractivity contribution in [2.75, 3.05) is 13.6 Å². The second kappa shape index (κ2) is 3.17. The summed E-state index contributed by atoms with van der Waals surface area (Å²) in [5, 5.41) is 11.2. The van der Waals surface area contributed by atoms with Crippen molar-refractivity contribution < 1.29 is 10.1 Å². The van der Waals surface area contributed by atoms with Gasteiger partial charge in [-0.3, -0.25) is 0 Å². The number of rotatable bonds is 1. The molecule has 1 aliphatic heterocycles. The van der Waals surface area contributed by atoms with Crippen LogP contribution in [0.15, 0.2) is 29.1 Å². The first kappa shape index (κ1) is 7.02. The van der Waals surface area contributed by atoms with E-state index in [0.29, 0.717) is 0 Å². The van der Waals surface area contributed by atoms with E-state index in [1.165, 1.54) is 11.1 Å². The molecule has 0 radical (unpaired) electrons. The third-order valence-corrected chi connectivity index (χ3v) is 1.53. The third kappa shape index (κ3) is 1.45. The van der Waals surface area contributed by atoms with Gasteiger partial charge in [-0.15, -0.1) is 0 Å². The van der Waals surface area contributed by atoms with Gasteiger partial charge in [0.2, 0.25) is 0 Å². The van der Waals surface area contributed by atoms with E-state index in [0.717, 1.165) is 12.2 Å². The van der Waals surface area contributed by atoms with Crippen LogP contribution in [0.4, 0.5) is 0 Å². The summed E-state index contributed by atoms with van der Waals surface area (Å²) in [6, 6.07) is 0. The van der Waals surface area contributed by atoms with E-state index >= 15 is 0 Å². The van der Waals surface area contributed by atoms with Crippen molar-refractivity contribution in [3.8, 4) is 0 Å². The molecule has 2 N–H and O–H groups in total. The normalized spacial score (nSPS) is 25.3. The number of quaternary nitrogens is 1. The zero-order valence-corrected chi connectivity index (χ0v) is 5.91. The molecule has 0 bridgehead atoms. The van der Waals surface area contributed by atoms with Gasteiger partial charge in [0.15, 0.2) is 5.70 Å². The summed E-state index contributed by atoms with van der Waals surface area (Å²) in [6.45, 7) is 0.956. The summed E-state index contributed by atoms with van der Waals surface area (Å²) in [5.41, 5.74) is 1.00. The molecule has 0 aromatic heterocycles. The molecule has 0 amide bonds. The average Bonchev–Trinajstić information content (AvgIpc) is 1.94. The standard InChI is InChI=1S/C7H10N2O/c1-9-5-3-2-4-7(9)6-8-10/h2-4,6,10H,5H2,1H3/p+1. The first-order chi connectivity index (χ1) is 4.84. The minimum atomic E-state index is 0.956. The van der Waals surface area contributed by atoms with E-state index < -0.39 is 0 Å². The molecule has 0 saturated heterocycles. The van der Waals surface area contributed by atoms with Crippen LogP contribution < -0.4 is 4.90 Å². The molecule has 0 aromatic carbocycles. The smallest absolute Gasteiger partial charge is 0.153 e. The summed E-state index contributed by atoms with van der Waals surface area (Å²) < 4.78 is 0. The van der Waals surface area contributed by atoms with Crippen LogP contribution in [-0.2, 0) is 0 Å². The van der Waals surface area contributed by atoms with E-state index in [2.05, 4.69) is 11.2 Å². The number of nitrogens with one attached hydrogen (secondary N) is 1. The Morgan fingerprint density at radius 1 is 1.80 bits per heavy atom. The van der Waals surface area contributed by atoms with Crippen LogP contribution in [0.1, 0.15) is 0 Å². The van der Waals surface area contributed by atoms with Gasteiger partial charge in [-0.25, -0.2) is 0 Å². The molecule has 0 aliphatic carbocycles. The topological polar surface area (TPSA) is 37.0 Å². The Morgan fingerprint density at radius 3 is 3.20 bits per heavy atom. The maximum atomic E-state index is 8.23. The second-order valence-corrected chi connectivity index (χ2v) is 2.28. The predicted molar refractivity (Wildman–Crippen MR) is 39.3 cm³/mol. The molecule has 54 valence electrons. The Morgan fingerprint density at radius 2 is 2.60 bits per heavy atom. The maximum Gasteiger partial charge on any atom is 0.153 e. The quantitative estimate of drug-likeness (QED) is 0.284. The van der Waals surface area contributed by atoms with E-state index in [4.69, 9.17) is 5.21 Å². The second-order valence-electron chi connectivity index (χ2n) is 2.28. The highest BCUT2D eigenvalue weighted by Gasteiger charge is 2.07. The van der Waals surface area contributed by atoms with E-state index in [9.17, 15) is 0 Å². The van der Waals surface area contributed by atoms with E-state index in [1.807, 2.05) is 19.2 Å². The molecule has 0 saturated carbocycles. The highest BCUT2D eigenvalue weighted by Crippen LogP contribution is 1.85. The van der Waals surface area contributed by atoms with Gasteiger partial charge in [-0.1, -0.05) is 11.2 Å². The summed E-state index contributed by atoms with van der Waals surface area (Å²) in [4.78, 5) is 1.24. The monoisotopic (exact) mass is 139 g/mol. The summed E-state index contributed by atoms with van der Waals surface area (Å²) in [5.74, 6) is 0. The molecule has 1 aliphatic rings. The number of hydrogen-bond donors (Lipinski definition) is 2. The molecule has 0 spiro atoms. The first-order valence-corrected chi connectivity index (χ1v) is 3.21. The first-order valence-electron chi connectivity index (χ1n) is 3.21. The van der Waals surface area contributed by atoms with Gasteiger partial charge in [0, 0.05) is 6.08 Å². The van der Waals surface area contributed by atoms with Gasteiger partial charge < -0.3 is 10.1 Å². The summed E-state index contributed by atoms with van der Waals surface area (Å²) >= 11 is 0. The van der Waals surface area contributed by atoms with Crippen LogP contribution in [0.2, 0.25) is 0 Å². The van der Waals surface area contributed by atoms with Gasteiger partial charge in [-0.05, 0) is 6.08 Å². The number of likely N-dealkylation sites (N-methyl/N-ethyl adjacent to an activating group) is 1. The van der Waals surface area contributed by atoms with E-state index in [-0.39, 0.29) is 0 Å².